The molecule has 0 radical (unpaired) electrons. The Labute approximate surface area is 83.1 Å². The number of ether oxygens (including phenoxy) is 2. The van der Waals surface area contributed by atoms with Crippen LogP contribution >= 0.6 is 0 Å². The fraction of sp³-hybridized carbons (Fsp3) is 0.500. The molecule has 1 aliphatic rings. The number of allylic oxidation sites excluding steroid dienone is 2. The molecule has 0 spiro atoms. The van der Waals surface area contributed by atoms with Crippen LogP contribution in [0.2, 0.25) is 0 Å². The summed E-state index contributed by atoms with van der Waals surface area (Å²) in [6.07, 6.45) is 5.29. The number of hydrogen-bond acceptors (Lipinski definition) is 3. The van der Waals surface area contributed by atoms with Gasteiger partial charge in [0.05, 0.1) is 12.7 Å². The van der Waals surface area contributed by atoms with Crippen molar-refractivity contribution in [2.75, 3.05) is 20.3 Å². The highest BCUT2D eigenvalue weighted by atomic mass is 16.6. The van der Waals surface area contributed by atoms with Crippen molar-refractivity contribution in [1.82, 2.24) is 0 Å². The fourth-order valence-electron chi connectivity index (χ4n) is 1.21. The molecule has 4 nitrogen and oxygen atoms in total. The van der Waals surface area contributed by atoms with Crippen molar-refractivity contribution in [3.05, 3.63) is 18.4 Å². The van der Waals surface area contributed by atoms with Gasteiger partial charge in [-0.05, 0) is 0 Å². The van der Waals surface area contributed by atoms with E-state index in [2.05, 4.69) is 5.87 Å². The van der Waals surface area contributed by atoms with E-state index in [4.69, 9.17) is 9.47 Å². The summed E-state index contributed by atoms with van der Waals surface area (Å²) < 4.78 is 11.8. The molecule has 0 aromatic carbocycles. The normalized spacial score (nSPS) is 15.4. The Kier molecular flexibility index (Phi) is 4.11. The average Bonchev–Trinajstić information content (AvgIpc) is 2.56. The van der Waals surface area contributed by atoms with E-state index in [-0.39, 0.29) is 12.1 Å². The molecule has 1 rings (SSSR count). The van der Waals surface area contributed by atoms with E-state index < -0.39 is 0 Å². The van der Waals surface area contributed by atoms with Gasteiger partial charge in [-0.1, -0.05) is 0 Å². The summed E-state index contributed by atoms with van der Waals surface area (Å²) in [6, 6.07) is 0. The van der Waals surface area contributed by atoms with Crippen molar-refractivity contribution in [1.29, 1.82) is 0 Å². The standard InChI is InChI=1S/C10H14NO3/c1-9(12)14-10(8-13-2)7-11-5-3-4-6-11/h3-5,10H,7-8H2,1-2H3/q+1/t10-/m1/s1. The minimum absolute atomic E-state index is 0.249. The van der Waals surface area contributed by atoms with Gasteiger partial charge in [0.25, 0.3) is 0 Å². The predicted molar refractivity (Wildman–Crippen MR) is 51.3 cm³/mol. The number of carbonyl (C=O) groups is 1. The summed E-state index contributed by atoms with van der Waals surface area (Å²) >= 11 is 0. The molecule has 0 N–H and O–H groups in total. The van der Waals surface area contributed by atoms with E-state index >= 15 is 0 Å². The van der Waals surface area contributed by atoms with Crippen molar-refractivity contribution < 1.29 is 18.8 Å². The van der Waals surface area contributed by atoms with Crippen LogP contribution in [0.15, 0.2) is 18.4 Å². The molecule has 0 aromatic heterocycles. The highest BCUT2D eigenvalue weighted by Crippen LogP contribution is 1.97. The van der Waals surface area contributed by atoms with E-state index in [1.54, 1.807) is 13.2 Å². The first-order chi connectivity index (χ1) is 6.72. The van der Waals surface area contributed by atoms with Crippen LogP contribution in [0, 0.1) is 0 Å². The van der Waals surface area contributed by atoms with Crippen molar-refractivity contribution in [2.45, 2.75) is 13.0 Å². The average molecular weight is 196 g/mol. The summed E-state index contributed by atoms with van der Waals surface area (Å²) in [5, 5.41) is 0. The van der Waals surface area contributed by atoms with Crippen LogP contribution in [0.3, 0.4) is 0 Å². The molecule has 1 atom stereocenters. The number of carbonyl (C=O) groups excluding carboxylic acids is 1. The SMILES string of the molecule is COC[C@@H](C[N+]1=C=CC=C1)OC(C)=O. The van der Waals surface area contributed by atoms with Gasteiger partial charge >= 0.3 is 5.97 Å². The van der Waals surface area contributed by atoms with Crippen LogP contribution in [-0.2, 0) is 14.3 Å². The third kappa shape index (κ3) is 3.56. The van der Waals surface area contributed by atoms with Crippen LogP contribution in [0.5, 0.6) is 0 Å². The number of esters is 1. The maximum atomic E-state index is 10.8. The van der Waals surface area contributed by atoms with Crippen LogP contribution in [-0.4, -0.2) is 42.8 Å². The summed E-state index contributed by atoms with van der Waals surface area (Å²) in [5.74, 6) is 2.68. The van der Waals surface area contributed by atoms with Crippen molar-refractivity contribution in [3.63, 3.8) is 0 Å². The molecule has 0 aromatic rings. The van der Waals surface area contributed by atoms with Gasteiger partial charge in [0.1, 0.15) is 0 Å². The quantitative estimate of drug-likeness (QED) is 0.470. The minimum Gasteiger partial charge on any atom is -0.453 e. The van der Waals surface area contributed by atoms with E-state index in [9.17, 15) is 4.79 Å². The minimum atomic E-state index is -0.292. The molecule has 0 unspecified atom stereocenters. The third-order valence-corrected chi connectivity index (χ3v) is 1.69. The number of nitrogens with zero attached hydrogens (tertiary/aromatic N) is 1. The van der Waals surface area contributed by atoms with Crippen LogP contribution in [0.25, 0.3) is 0 Å². The largest absolute Gasteiger partial charge is 0.453 e. The second kappa shape index (κ2) is 5.37. The lowest BCUT2D eigenvalue weighted by Crippen LogP contribution is -2.30. The highest BCUT2D eigenvalue weighted by molar-refractivity contribution is 5.66. The molecule has 0 bridgehead atoms. The first kappa shape index (κ1) is 10.7. The Morgan fingerprint density at radius 1 is 1.64 bits per heavy atom. The van der Waals surface area contributed by atoms with Gasteiger partial charge in [-0.25, -0.2) is 0 Å². The van der Waals surface area contributed by atoms with Crippen LogP contribution in [0.4, 0.5) is 0 Å². The molecule has 1 heterocycles. The van der Waals surface area contributed by atoms with Gasteiger partial charge in [0.15, 0.2) is 24.7 Å². The van der Waals surface area contributed by atoms with E-state index in [0.29, 0.717) is 13.2 Å². The molecule has 0 fully saturated rings. The number of rotatable bonds is 5. The summed E-state index contributed by atoms with van der Waals surface area (Å²) in [7, 11) is 1.58. The van der Waals surface area contributed by atoms with Gasteiger partial charge in [0.2, 0.25) is 0 Å². The van der Waals surface area contributed by atoms with Crippen molar-refractivity contribution in [3.8, 4) is 0 Å². The van der Waals surface area contributed by atoms with Gasteiger partial charge in [0, 0.05) is 20.1 Å². The lowest BCUT2D eigenvalue weighted by Gasteiger charge is -2.11. The Hall–Kier alpha value is -1.38. The molecule has 0 saturated heterocycles. The predicted octanol–water partition coefficient (Wildman–Crippen LogP) is 0.330. The Balaban J connectivity index is 2.46. The second-order valence-corrected chi connectivity index (χ2v) is 2.98. The Morgan fingerprint density at radius 2 is 2.43 bits per heavy atom. The molecule has 14 heavy (non-hydrogen) atoms. The molecular formula is C10H14NO3+. The maximum Gasteiger partial charge on any atom is 0.303 e. The first-order valence-electron chi connectivity index (χ1n) is 4.41. The highest BCUT2D eigenvalue weighted by Gasteiger charge is 2.18. The molecular weight excluding hydrogens is 182 g/mol. The van der Waals surface area contributed by atoms with Crippen molar-refractivity contribution in [2.24, 2.45) is 0 Å². The molecule has 76 valence electrons. The topological polar surface area (TPSA) is 38.5 Å². The van der Waals surface area contributed by atoms with Gasteiger partial charge in [-0.3, -0.25) is 4.79 Å². The molecule has 0 saturated carbocycles. The Bertz CT molecular complexity index is 300. The van der Waals surface area contributed by atoms with Crippen LogP contribution in [0.1, 0.15) is 6.92 Å². The Morgan fingerprint density at radius 3 is 2.93 bits per heavy atom. The monoisotopic (exact) mass is 196 g/mol. The molecule has 0 aliphatic carbocycles. The fourth-order valence-corrected chi connectivity index (χ4v) is 1.21. The van der Waals surface area contributed by atoms with E-state index in [1.165, 1.54) is 6.92 Å². The zero-order valence-corrected chi connectivity index (χ0v) is 8.40. The summed E-state index contributed by atoms with van der Waals surface area (Å²) in [5.41, 5.74) is 0. The van der Waals surface area contributed by atoms with E-state index in [0.717, 1.165) is 0 Å². The van der Waals surface area contributed by atoms with Gasteiger partial charge < -0.3 is 9.47 Å². The van der Waals surface area contributed by atoms with E-state index in [1.807, 2.05) is 16.9 Å². The lowest BCUT2D eigenvalue weighted by molar-refractivity contribution is -0.460. The lowest BCUT2D eigenvalue weighted by atomic mass is 10.3. The first-order valence-corrected chi connectivity index (χ1v) is 4.41. The maximum absolute atomic E-state index is 10.8. The van der Waals surface area contributed by atoms with Crippen LogP contribution < -0.4 is 0 Å². The number of hydrogen-bond donors (Lipinski definition) is 0. The zero-order valence-electron chi connectivity index (χ0n) is 8.40. The number of methoxy groups -OCH3 is 1. The smallest absolute Gasteiger partial charge is 0.303 e. The van der Waals surface area contributed by atoms with Crippen molar-refractivity contribution >= 4 is 11.8 Å². The molecule has 1 aliphatic heterocycles. The summed E-state index contributed by atoms with van der Waals surface area (Å²) in [4.78, 5) is 10.8. The summed E-state index contributed by atoms with van der Waals surface area (Å²) in [6.45, 7) is 2.36. The third-order valence-electron chi connectivity index (χ3n) is 1.69. The van der Waals surface area contributed by atoms with Gasteiger partial charge in [-0.2, -0.15) is 4.58 Å². The zero-order chi connectivity index (χ0) is 10.4. The second-order valence-electron chi connectivity index (χ2n) is 2.98. The molecule has 4 heteroatoms. The molecule has 0 amide bonds. The van der Waals surface area contributed by atoms with Gasteiger partial charge in [-0.15, -0.1) is 0 Å².